The summed E-state index contributed by atoms with van der Waals surface area (Å²) in [6, 6.07) is 0.700. The number of rotatable bonds is 5. The third kappa shape index (κ3) is 3.04. The zero-order valence-electron chi connectivity index (χ0n) is 8.33. The van der Waals surface area contributed by atoms with Crippen LogP contribution in [0.4, 0.5) is 0 Å². The molecule has 0 spiro atoms. The van der Waals surface area contributed by atoms with Crippen LogP contribution < -0.4 is 10.6 Å². The third-order valence-electron chi connectivity index (χ3n) is 2.55. The van der Waals surface area contributed by atoms with Crippen molar-refractivity contribution in [1.82, 2.24) is 15.6 Å². The van der Waals surface area contributed by atoms with E-state index >= 15 is 0 Å². The third-order valence-corrected chi connectivity index (χ3v) is 3.39. The molecule has 0 aliphatic carbocycles. The van der Waals surface area contributed by atoms with E-state index < -0.39 is 0 Å². The van der Waals surface area contributed by atoms with Gasteiger partial charge in [-0.3, -0.25) is 0 Å². The quantitative estimate of drug-likeness (QED) is 0.714. The summed E-state index contributed by atoms with van der Waals surface area (Å²) in [6.07, 6.45) is 5.59. The van der Waals surface area contributed by atoms with Crippen LogP contribution in [0.5, 0.6) is 0 Å². The molecule has 1 saturated heterocycles. The van der Waals surface area contributed by atoms with Gasteiger partial charge in [0.05, 0.1) is 5.01 Å². The minimum atomic E-state index is 0.700. The van der Waals surface area contributed by atoms with Crippen LogP contribution in [0.3, 0.4) is 0 Å². The Kier molecular flexibility index (Phi) is 3.91. The van der Waals surface area contributed by atoms with Crippen LogP contribution >= 0.6 is 11.3 Å². The van der Waals surface area contributed by atoms with Crippen molar-refractivity contribution in [2.45, 2.75) is 25.3 Å². The highest BCUT2D eigenvalue weighted by molar-refractivity contribution is 7.09. The second kappa shape index (κ2) is 5.44. The minimum Gasteiger partial charge on any atom is -0.315 e. The molecule has 1 unspecified atom stereocenters. The molecule has 0 amide bonds. The maximum absolute atomic E-state index is 4.25. The molecule has 2 N–H and O–H groups in total. The number of nitrogens with zero attached hydrogens (tertiary/aromatic N) is 1. The van der Waals surface area contributed by atoms with Crippen molar-refractivity contribution < 1.29 is 0 Å². The Hall–Kier alpha value is -0.450. The molecule has 78 valence electrons. The molecule has 4 heteroatoms. The summed E-state index contributed by atoms with van der Waals surface area (Å²) in [7, 11) is 0. The van der Waals surface area contributed by atoms with E-state index in [0.29, 0.717) is 6.04 Å². The van der Waals surface area contributed by atoms with Crippen LogP contribution in [0.15, 0.2) is 11.6 Å². The first kappa shape index (κ1) is 10.1. The van der Waals surface area contributed by atoms with Crippen LogP contribution in [-0.2, 0) is 6.42 Å². The van der Waals surface area contributed by atoms with Crippen molar-refractivity contribution in [3.05, 3.63) is 16.6 Å². The van der Waals surface area contributed by atoms with Crippen LogP contribution in [0.25, 0.3) is 0 Å². The zero-order valence-corrected chi connectivity index (χ0v) is 9.15. The Morgan fingerprint density at radius 2 is 2.64 bits per heavy atom. The molecule has 2 heterocycles. The van der Waals surface area contributed by atoms with Crippen molar-refractivity contribution >= 4 is 11.3 Å². The number of hydrogen-bond acceptors (Lipinski definition) is 4. The van der Waals surface area contributed by atoms with E-state index in [4.69, 9.17) is 0 Å². The summed E-state index contributed by atoms with van der Waals surface area (Å²) in [5.41, 5.74) is 0. The fraction of sp³-hybridized carbons (Fsp3) is 0.700. The Bertz CT molecular complexity index is 242. The molecule has 3 nitrogen and oxygen atoms in total. The van der Waals surface area contributed by atoms with Gasteiger partial charge in [-0.05, 0) is 19.4 Å². The van der Waals surface area contributed by atoms with E-state index in [-0.39, 0.29) is 0 Å². The van der Waals surface area contributed by atoms with Crippen LogP contribution in [0.2, 0.25) is 0 Å². The maximum atomic E-state index is 4.25. The summed E-state index contributed by atoms with van der Waals surface area (Å²) in [4.78, 5) is 4.25. The lowest BCUT2D eigenvalue weighted by molar-refractivity contribution is 0.537. The zero-order chi connectivity index (χ0) is 9.64. The van der Waals surface area contributed by atoms with Gasteiger partial charge in [-0.1, -0.05) is 0 Å². The molecule has 14 heavy (non-hydrogen) atoms. The van der Waals surface area contributed by atoms with E-state index in [9.17, 15) is 0 Å². The Morgan fingerprint density at radius 1 is 1.64 bits per heavy atom. The van der Waals surface area contributed by atoms with Crippen molar-refractivity contribution in [3.8, 4) is 0 Å². The normalized spacial score (nSPS) is 21.6. The molecule has 1 aromatic heterocycles. The predicted octanol–water partition coefficient (Wildman–Crippen LogP) is 1.03. The van der Waals surface area contributed by atoms with E-state index in [1.165, 1.54) is 24.4 Å². The topological polar surface area (TPSA) is 37.0 Å². The van der Waals surface area contributed by atoms with Gasteiger partial charge in [-0.25, -0.2) is 4.98 Å². The maximum Gasteiger partial charge on any atom is 0.0937 e. The molecule has 2 rings (SSSR count). The number of hydrogen-bond donors (Lipinski definition) is 2. The van der Waals surface area contributed by atoms with Gasteiger partial charge >= 0.3 is 0 Å². The summed E-state index contributed by atoms with van der Waals surface area (Å²) >= 11 is 1.74. The number of thiazole rings is 1. The molecular formula is C10H17N3S. The van der Waals surface area contributed by atoms with Crippen molar-refractivity contribution in [2.24, 2.45) is 0 Å². The predicted molar refractivity (Wildman–Crippen MR) is 59.7 cm³/mol. The minimum absolute atomic E-state index is 0.700. The summed E-state index contributed by atoms with van der Waals surface area (Å²) in [6.45, 7) is 3.34. The van der Waals surface area contributed by atoms with Crippen LogP contribution in [0, 0.1) is 0 Å². The van der Waals surface area contributed by atoms with Crippen molar-refractivity contribution in [1.29, 1.82) is 0 Å². The molecule has 1 aliphatic rings. The molecule has 0 bridgehead atoms. The summed E-state index contributed by atoms with van der Waals surface area (Å²) in [5.74, 6) is 0. The molecule has 0 aromatic carbocycles. The van der Waals surface area contributed by atoms with Gasteiger partial charge in [0.25, 0.3) is 0 Å². The van der Waals surface area contributed by atoms with Gasteiger partial charge in [-0.2, -0.15) is 0 Å². The SMILES string of the molecule is c1csc(CCNCC2CCCN2)n1. The Balaban J connectivity index is 1.55. The Morgan fingerprint density at radius 3 is 3.36 bits per heavy atom. The molecule has 1 aliphatic heterocycles. The summed E-state index contributed by atoms with van der Waals surface area (Å²) < 4.78 is 0. The van der Waals surface area contributed by atoms with Crippen molar-refractivity contribution in [2.75, 3.05) is 19.6 Å². The molecule has 1 fully saturated rings. The lowest BCUT2D eigenvalue weighted by Crippen LogP contribution is -2.34. The highest BCUT2D eigenvalue weighted by atomic mass is 32.1. The fourth-order valence-electron chi connectivity index (χ4n) is 1.78. The van der Waals surface area contributed by atoms with Crippen molar-refractivity contribution in [3.63, 3.8) is 0 Å². The standard InChI is InChI=1S/C10H17N3S/c1-2-9(12-4-1)8-11-5-3-10-13-6-7-14-10/h6-7,9,11-12H,1-5,8H2. The first-order valence-electron chi connectivity index (χ1n) is 5.27. The summed E-state index contributed by atoms with van der Waals surface area (Å²) in [5, 5.41) is 10.2. The van der Waals surface area contributed by atoms with Gasteiger partial charge in [0.2, 0.25) is 0 Å². The smallest absolute Gasteiger partial charge is 0.0937 e. The average molecular weight is 211 g/mol. The highest BCUT2D eigenvalue weighted by Crippen LogP contribution is 2.05. The highest BCUT2D eigenvalue weighted by Gasteiger charge is 2.12. The number of nitrogens with one attached hydrogen (secondary N) is 2. The van der Waals surface area contributed by atoms with E-state index in [0.717, 1.165) is 19.5 Å². The fourth-order valence-corrected chi connectivity index (χ4v) is 2.40. The molecule has 1 atom stereocenters. The molecule has 0 saturated carbocycles. The lowest BCUT2D eigenvalue weighted by Gasteiger charge is -2.10. The van der Waals surface area contributed by atoms with Gasteiger partial charge < -0.3 is 10.6 Å². The van der Waals surface area contributed by atoms with E-state index in [2.05, 4.69) is 15.6 Å². The molecular weight excluding hydrogens is 194 g/mol. The van der Waals surface area contributed by atoms with Gasteiger partial charge in [-0.15, -0.1) is 11.3 Å². The molecule has 1 aromatic rings. The van der Waals surface area contributed by atoms with Gasteiger partial charge in [0.1, 0.15) is 0 Å². The second-order valence-corrected chi connectivity index (χ2v) is 4.65. The van der Waals surface area contributed by atoms with Crippen LogP contribution in [-0.4, -0.2) is 30.7 Å². The number of aromatic nitrogens is 1. The second-order valence-electron chi connectivity index (χ2n) is 3.67. The monoisotopic (exact) mass is 211 g/mol. The first-order chi connectivity index (χ1) is 6.95. The largest absolute Gasteiger partial charge is 0.315 e. The van der Waals surface area contributed by atoms with E-state index in [1.807, 2.05) is 11.6 Å². The molecule has 0 radical (unpaired) electrons. The van der Waals surface area contributed by atoms with Gasteiger partial charge in [0.15, 0.2) is 0 Å². The van der Waals surface area contributed by atoms with E-state index in [1.54, 1.807) is 11.3 Å². The first-order valence-corrected chi connectivity index (χ1v) is 6.15. The van der Waals surface area contributed by atoms with Gasteiger partial charge in [0, 0.05) is 37.1 Å². The lowest BCUT2D eigenvalue weighted by atomic mass is 10.2. The van der Waals surface area contributed by atoms with Crippen LogP contribution in [0.1, 0.15) is 17.8 Å². The Labute approximate surface area is 88.9 Å². The average Bonchev–Trinajstić information content (AvgIpc) is 2.86.